The van der Waals surface area contributed by atoms with E-state index in [1.54, 1.807) is 0 Å². The van der Waals surface area contributed by atoms with Crippen LogP contribution in [0.4, 0.5) is 0 Å². The molecule has 0 aliphatic carbocycles. The van der Waals surface area contributed by atoms with Crippen LogP contribution in [0.2, 0.25) is 0 Å². The summed E-state index contributed by atoms with van der Waals surface area (Å²) in [7, 11) is 1.18. The van der Waals surface area contributed by atoms with Crippen LogP contribution in [0.15, 0.2) is 34.0 Å². The molecular formula is C14H13N5O4S2. The summed E-state index contributed by atoms with van der Waals surface area (Å²) in [4.78, 5) is 41.3. The van der Waals surface area contributed by atoms with Crippen LogP contribution in [0, 0.1) is 0 Å². The van der Waals surface area contributed by atoms with Gasteiger partial charge in [-0.2, -0.15) is 0 Å². The quantitative estimate of drug-likeness (QED) is 0.272. The van der Waals surface area contributed by atoms with E-state index in [-0.39, 0.29) is 29.5 Å². The largest absolute Gasteiger partial charge is 0.464 e. The van der Waals surface area contributed by atoms with Gasteiger partial charge < -0.3 is 10.1 Å². The molecule has 2 amide bonds. The summed E-state index contributed by atoms with van der Waals surface area (Å²) in [6.45, 7) is 0. The molecule has 0 spiro atoms. The lowest BCUT2D eigenvalue weighted by Gasteiger charge is -2.49. The Morgan fingerprint density at radius 1 is 1.56 bits per heavy atom. The maximum atomic E-state index is 12.4. The highest BCUT2D eigenvalue weighted by atomic mass is 32.2. The maximum absolute atomic E-state index is 12.4. The highest BCUT2D eigenvalue weighted by molar-refractivity contribution is 8.00. The molecule has 3 rings (SSSR count). The molecule has 1 aromatic heterocycles. The Morgan fingerprint density at radius 3 is 3.00 bits per heavy atom. The van der Waals surface area contributed by atoms with Gasteiger partial charge in [0.1, 0.15) is 17.1 Å². The number of nitrogens with zero attached hydrogens (tertiary/aromatic N) is 4. The number of carbonyl (C=O) groups is 3. The minimum absolute atomic E-state index is 0.0576. The summed E-state index contributed by atoms with van der Waals surface area (Å²) in [6.07, 6.45) is 0.197. The molecule has 0 aromatic carbocycles. The third-order valence-electron chi connectivity index (χ3n) is 3.72. The van der Waals surface area contributed by atoms with E-state index in [9.17, 15) is 14.4 Å². The van der Waals surface area contributed by atoms with Gasteiger partial charge in [-0.3, -0.25) is 14.5 Å². The maximum Gasteiger partial charge on any atom is 0.354 e. The second kappa shape index (κ2) is 7.18. The van der Waals surface area contributed by atoms with E-state index in [1.165, 1.54) is 35.1 Å². The first-order chi connectivity index (χ1) is 12.1. The Morgan fingerprint density at radius 2 is 2.36 bits per heavy atom. The molecule has 0 unspecified atom stereocenters. The number of hydrogen-bond acceptors (Lipinski definition) is 7. The highest BCUT2D eigenvalue weighted by Gasteiger charge is 2.54. The van der Waals surface area contributed by atoms with Crippen molar-refractivity contribution in [2.45, 2.75) is 17.8 Å². The van der Waals surface area contributed by atoms with Gasteiger partial charge in [-0.15, -0.1) is 23.1 Å². The van der Waals surface area contributed by atoms with Gasteiger partial charge in [-0.25, -0.2) is 4.79 Å². The predicted octanol–water partition coefficient (Wildman–Crippen LogP) is 1.39. The van der Waals surface area contributed by atoms with Crippen LogP contribution < -0.4 is 5.32 Å². The molecule has 1 fully saturated rings. The zero-order chi connectivity index (χ0) is 18.0. The number of hydrogen-bond donors (Lipinski definition) is 1. The lowest BCUT2D eigenvalue weighted by molar-refractivity contribution is -0.151. The Kier molecular flexibility index (Phi) is 4.98. The summed E-state index contributed by atoms with van der Waals surface area (Å²) in [6, 6.07) is 2.98. The smallest absolute Gasteiger partial charge is 0.354 e. The van der Waals surface area contributed by atoms with E-state index in [0.717, 1.165) is 4.88 Å². The second-order valence-corrected chi connectivity index (χ2v) is 7.32. The number of methoxy groups -OCH3 is 1. The van der Waals surface area contributed by atoms with Crippen molar-refractivity contribution in [1.29, 1.82) is 0 Å². The molecule has 25 heavy (non-hydrogen) atoms. The van der Waals surface area contributed by atoms with Crippen molar-refractivity contribution in [2.75, 3.05) is 12.9 Å². The monoisotopic (exact) mass is 379 g/mol. The SMILES string of the molecule is COC(=O)C1=C(N=[N+]=[N-])CS[C@@H]2[C@H](NC(=O)Cc3cccs3)C(=O)N12. The number of rotatable bonds is 5. The molecule has 1 N–H and O–H groups in total. The Labute approximate surface area is 150 Å². The molecule has 0 radical (unpaired) electrons. The first-order valence-corrected chi connectivity index (χ1v) is 9.12. The van der Waals surface area contributed by atoms with Crippen molar-refractivity contribution >= 4 is 40.9 Å². The number of β-lactam (4-membered cyclic amide) rings is 1. The number of thioether (sulfide) groups is 1. The standard InChI is InChI=1S/C14H13N5O4S2/c1-23-14(22)11-8(17-18-15)6-25-13-10(12(21)19(11)13)16-9(20)5-7-3-2-4-24-7/h2-4,10,13H,5-6H2,1H3,(H,16,20)/t10-,13-/m1/s1. The number of amides is 2. The molecule has 2 atom stereocenters. The molecule has 3 heterocycles. The van der Waals surface area contributed by atoms with Crippen molar-refractivity contribution in [2.24, 2.45) is 5.11 Å². The zero-order valence-electron chi connectivity index (χ0n) is 13.0. The number of ether oxygens (including phenoxy) is 1. The van der Waals surface area contributed by atoms with Gasteiger partial charge in [-0.1, -0.05) is 11.2 Å². The van der Waals surface area contributed by atoms with Gasteiger partial charge in [0.2, 0.25) is 5.91 Å². The normalized spacial score (nSPS) is 21.8. The fraction of sp³-hybridized carbons (Fsp3) is 0.357. The number of thiophene rings is 1. The minimum atomic E-state index is -0.746. The summed E-state index contributed by atoms with van der Waals surface area (Å²) in [5, 5.41) is 7.64. The van der Waals surface area contributed by atoms with Crippen LogP contribution in [-0.4, -0.2) is 47.0 Å². The van der Waals surface area contributed by atoms with Gasteiger partial charge in [0.25, 0.3) is 5.91 Å². The molecular weight excluding hydrogens is 366 g/mol. The van der Waals surface area contributed by atoms with Gasteiger partial charge in [-0.05, 0) is 17.0 Å². The highest BCUT2D eigenvalue weighted by Crippen LogP contribution is 2.41. The molecule has 0 bridgehead atoms. The Bertz CT molecular complexity index is 800. The van der Waals surface area contributed by atoms with E-state index >= 15 is 0 Å². The molecule has 9 nitrogen and oxygen atoms in total. The lowest BCUT2D eigenvalue weighted by atomic mass is 10.0. The number of azide groups is 1. The van der Waals surface area contributed by atoms with E-state index in [1.807, 2.05) is 17.5 Å². The van der Waals surface area contributed by atoms with E-state index in [0.29, 0.717) is 0 Å². The van der Waals surface area contributed by atoms with Gasteiger partial charge in [0.15, 0.2) is 0 Å². The summed E-state index contributed by atoms with van der Waals surface area (Å²) in [5.74, 6) is -1.18. The van der Waals surface area contributed by atoms with Crippen LogP contribution in [0.25, 0.3) is 10.4 Å². The van der Waals surface area contributed by atoms with Gasteiger partial charge in [0, 0.05) is 15.5 Å². The van der Waals surface area contributed by atoms with Crippen LogP contribution in [0.3, 0.4) is 0 Å². The van der Waals surface area contributed by atoms with Crippen molar-refractivity contribution < 1.29 is 19.1 Å². The molecule has 0 saturated carbocycles. The number of carbonyl (C=O) groups excluding carboxylic acids is 3. The first-order valence-electron chi connectivity index (χ1n) is 7.19. The summed E-state index contributed by atoms with van der Waals surface area (Å²) >= 11 is 2.78. The lowest BCUT2D eigenvalue weighted by Crippen LogP contribution is -2.70. The molecule has 1 saturated heterocycles. The average Bonchev–Trinajstić information content (AvgIpc) is 3.11. The Hall–Kier alpha value is -2.49. The summed E-state index contributed by atoms with van der Waals surface area (Å²) < 4.78 is 4.68. The van der Waals surface area contributed by atoms with Gasteiger partial charge >= 0.3 is 5.97 Å². The van der Waals surface area contributed by atoms with Crippen LogP contribution >= 0.6 is 23.1 Å². The van der Waals surface area contributed by atoms with Crippen molar-refractivity contribution in [3.05, 3.63) is 44.2 Å². The first kappa shape index (κ1) is 17.3. The zero-order valence-corrected chi connectivity index (χ0v) is 14.7. The second-order valence-electron chi connectivity index (χ2n) is 5.19. The number of nitrogens with one attached hydrogen (secondary N) is 1. The third-order valence-corrected chi connectivity index (χ3v) is 5.86. The van der Waals surface area contributed by atoms with Crippen LogP contribution in [0.1, 0.15) is 4.88 Å². The molecule has 130 valence electrons. The van der Waals surface area contributed by atoms with Crippen molar-refractivity contribution in [1.82, 2.24) is 10.2 Å². The fourth-order valence-corrected chi connectivity index (χ4v) is 4.58. The number of esters is 1. The number of fused-ring (bicyclic) bond motifs is 1. The predicted molar refractivity (Wildman–Crippen MR) is 91.2 cm³/mol. The van der Waals surface area contributed by atoms with Crippen molar-refractivity contribution in [3.8, 4) is 0 Å². The fourth-order valence-electron chi connectivity index (χ4n) is 2.62. The average molecular weight is 379 g/mol. The van der Waals surface area contributed by atoms with Crippen molar-refractivity contribution in [3.63, 3.8) is 0 Å². The van der Waals surface area contributed by atoms with Crippen LogP contribution in [-0.2, 0) is 25.5 Å². The third kappa shape index (κ3) is 3.21. The molecule has 11 heteroatoms. The molecule has 1 aromatic rings. The van der Waals surface area contributed by atoms with Crippen LogP contribution in [0.5, 0.6) is 0 Å². The Balaban J connectivity index is 1.75. The topological polar surface area (TPSA) is 124 Å². The van der Waals surface area contributed by atoms with Gasteiger partial charge in [0.05, 0.1) is 19.2 Å². The van der Waals surface area contributed by atoms with E-state index in [2.05, 4.69) is 20.1 Å². The van der Waals surface area contributed by atoms with E-state index in [4.69, 9.17) is 5.53 Å². The molecule has 2 aliphatic heterocycles. The molecule has 2 aliphatic rings. The van der Waals surface area contributed by atoms with E-state index < -0.39 is 23.3 Å². The summed E-state index contributed by atoms with van der Waals surface area (Å²) in [5.41, 5.74) is 8.71. The minimum Gasteiger partial charge on any atom is -0.464 e.